The van der Waals surface area contributed by atoms with Crippen LogP contribution in [-0.2, 0) is 19.2 Å². The summed E-state index contributed by atoms with van der Waals surface area (Å²) in [6.07, 6.45) is 2.64. The van der Waals surface area contributed by atoms with Crippen molar-refractivity contribution >= 4 is 56.9 Å². The smallest absolute Gasteiger partial charge is 0.241 e. The highest BCUT2D eigenvalue weighted by Gasteiger charge is 2.67. The molecule has 0 spiro atoms. The molecule has 3 heterocycles. The SMILES string of the molecule is CC12C(=O)N(c3ccccc3)C(=O)C1CC1C(=CCC3C(=O)N(c4ccc(-c5nc6ccccc6o5)cc4)C(=O)C31)C2c1ccc(O)c2ccccc12. The average Bonchev–Trinajstić information content (AvgIpc) is 3.79. The fourth-order valence-corrected chi connectivity index (χ4v) is 9.74. The zero-order valence-electron chi connectivity index (χ0n) is 28.7. The minimum absolute atomic E-state index is 0.116. The van der Waals surface area contributed by atoms with Crippen LogP contribution in [0.2, 0.25) is 0 Å². The number of amides is 4. The number of phenolic OH excluding ortho intramolecular Hbond substituents is 1. The zero-order chi connectivity index (χ0) is 36.2. The molecule has 1 aromatic heterocycles. The van der Waals surface area contributed by atoms with Crippen LogP contribution in [0.3, 0.4) is 0 Å². The lowest BCUT2D eigenvalue weighted by molar-refractivity contribution is -0.131. The van der Waals surface area contributed by atoms with Crippen LogP contribution >= 0.6 is 0 Å². The Balaban J connectivity index is 1.06. The van der Waals surface area contributed by atoms with E-state index in [0.29, 0.717) is 40.2 Å². The van der Waals surface area contributed by atoms with Gasteiger partial charge in [-0.3, -0.25) is 24.1 Å². The number of hydrogen-bond donors (Lipinski definition) is 1. The summed E-state index contributed by atoms with van der Waals surface area (Å²) in [7, 11) is 0. The third kappa shape index (κ3) is 4.33. The Morgan fingerprint density at radius 3 is 2.19 bits per heavy atom. The van der Waals surface area contributed by atoms with E-state index in [-0.39, 0.29) is 35.8 Å². The lowest BCUT2D eigenvalue weighted by atomic mass is 9.51. The van der Waals surface area contributed by atoms with E-state index in [9.17, 15) is 24.3 Å². The Morgan fingerprint density at radius 2 is 1.42 bits per heavy atom. The lowest BCUT2D eigenvalue weighted by Crippen LogP contribution is -2.49. The number of oxazole rings is 1. The van der Waals surface area contributed by atoms with E-state index in [2.05, 4.69) is 4.98 Å². The fourth-order valence-electron chi connectivity index (χ4n) is 9.74. The standard InChI is InChI=1S/C44H33N3O6/c1-44-33(41(50)47(43(44)52)25-9-3-2-4-10-25)23-32-30(38(44)29-21-22-35(48)28-12-6-5-11-27(28)29)19-20-31-37(32)42(51)46(40(31)49)26-17-15-24(16-18-26)39-45-34-13-7-8-14-36(34)53-39/h2-19,21-22,31-33,37-38,48H,20,23H2,1H3. The summed E-state index contributed by atoms with van der Waals surface area (Å²) in [5.74, 6) is -3.73. The van der Waals surface area contributed by atoms with E-state index in [0.717, 1.165) is 22.0 Å². The first kappa shape index (κ1) is 31.4. The van der Waals surface area contributed by atoms with Gasteiger partial charge in [-0.25, -0.2) is 9.88 Å². The predicted octanol–water partition coefficient (Wildman–Crippen LogP) is 7.79. The molecule has 2 aliphatic carbocycles. The number of phenols is 1. The van der Waals surface area contributed by atoms with Gasteiger partial charge in [0.2, 0.25) is 29.5 Å². The maximum atomic E-state index is 14.8. The number of anilines is 2. The quantitative estimate of drug-likeness (QED) is 0.147. The van der Waals surface area contributed by atoms with Gasteiger partial charge in [-0.15, -0.1) is 0 Å². The maximum absolute atomic E-state index is 14.8. The highest BCUT2D eigenvalue weighted by Crippen LogP contribution is 2.64. The van der Waals surface area contributed by atoms with Gasteiger partial charge in [0, 0.05) is 16.9 Å². The summed E-state index contributed by atoms with van der Waals surface area (Å²) < 4.78 is 5.94. The topological polar surface area (TPSA) is 121 Å². The molecule has 0 radical (unpaired) electrons. The van der Waals surface area contributed by atoms with Crippen molar-refractivity contribution in [1.29, 1.82) is 0 Å². The van der Waals surface area contributed by atoms with Crippen LogP contribution in [0.5, 0.6) is 5.75 Å². The van der Waals surface area contributed by atoms with Crippen molar-refractivity contribution < 1.29 is 28.7 Å². The molecule has 10 rings (SSSR count). The van der Waals surface area contributed by atoms with Crippen molar-refractivity contribution in [3.05, 3.63) is 132 Å². The van der Waals surface area contributed by atoms with Gasteiger partial charge >= 0.3 is 0 Å². The number of carbonyl (C=O) groups is 4. The van der Waals surface area contributed by atoms with Gasteiger partial charge in [0.15, 0.2) is 5.58 Å². The molecule has 3 fully saturated rings. The normalized spacial score (nSPS) is 26.6. The van der Waals surface area contributed by atoms with Gasteiger partial charge in [-0.2, -0.15) is 0 Å². The number of fused-ring (bicyclic) bond motifs is 6. The zero-order valence-corrected chi connectivity index (χ0v) is 28.7. The molecule has 1 N–H and O–H groups in total. The van der Waals surface area contributed by atoms with E-state index in [1.54, 1.807) is 54.6 Å². The third-order valence-electron chi connectivity index (χ3n) is 12.2. The van der Waals surface area contributed by atoms with Crippen molar-refractivity contribution in [2.45, 2.75) is 25.7 Å². The number of nitrogens with zero attached hydrogens (tertiary/aromatic N) is 3. The fraction of sp³-hybridized carbons (Fsp3) is 0.205. The average molecular weight is 700 g/mol. The van der Waals surface area contributed by atoms with E-state index in [1.807, 2.05) is 73.7 Å². The molecule has 4 amide bonds. The summed E-state index contributed by atoms with van der Waals surface area (Å²) in [4.78, 5) is 65.3. The van der Waals surface area contributed by atoms with E-state index >= 15 is 0 Å². The molecule has 9 nitrogen and oxygen atoms in total. The number of para-hydroxylation sites is 3. The Morgan fingerprint density at radius 1 is 0.717 bits per heavy atom. The highest BCUT2D eigenvalue weighted by molar-refractivity contribution is 6.25. The second-order valence-electron chi connectivity index (χ2n) is 14.8. The van der Waals surface area contributed by atoms with E-state index in [1.165, 1.54) is 9.80 Å². The van der Waals surface area contributed by atoms with Crippen molar-refractivity contribution in [3.8, 4) is 17.2 Å². The molecule has 53 heavy (non-hydrogen) atoms. The van der Waals surface area contributed by atoms with E-state index in [4.69, 9.17) is 4.42 Å². The molecule has 6 atom stereocenters. The third-order valence-corrected chi connectivity index (χ3v) is 12.2. The molecule has 260 valence electrons. The first-order valence-electron chi connectivity index (χ1n) is 17.9. The van der Waals surface area contributed by atoms with Gasteiger partial charge in [0.25, 0.3) is 0 Å². The molecule has 2 saturated heterocycles. The molecule has 4 aliphatic rings. The van der Waals surface area contributed by atoms with Crippen molar-refractivity contribution in [2.24, 2.45) is 29.1 Å². The second-order valence-corrected chi connectivity index (χ2v) is 14.8. The number of allylic oxidation sites excluding steroid dienone is 2. The Bertz CT molecular complexity index is 2540. The number of carbonyl (C=O) groups excluding carboxylic acids is 4. The molecule has 1 saturated carbocycles. The number of aromatic nitrogens is 1. The van der Waals surface area contributed by atoms with Crippen LogP contribution in [0.1, 0.15) is 31.2 Å². The van der Waals surface area contributed by atoms with Crippen molar-refractivity contribution in [1.82, 2.24) is 4.98 Å². The summed E-state index contributed by atoms with van der Waals surface area (Å²) >= 11 is 0. The number of benzene rings is 5. The molecular formula is C44H33N3O6. The molecular weight excluding hydrogens is 666 g/mol. The first-order valence-corrected chi connectivity index (χ1v) is 17.9. The summed E-state index contributed by atoms with van der Waals surface area (Å²) in [6, 6.07) is 34.5. The lowest BCUT2D eigenvalue weighted by Gasteiger charge is -2.49. The van der Waals surface area contributed by atoms with Crippen LogP contribution in [0.15, 0.2) is 131 Å². The Kier molecular flexibility index (Phi) is 6.71. The number of imide groups is 2. The summed E-state index contributed by atoms with van der Waals surface area (Å²) in [6.45, 7) is 1.88. The van der Waals surface area contributed by atoms with Gasteiger partial charge in [0.1, 0.15) is 11.3 Å². The van der Waals surface area contributed by atoms with Crippen LogP contribution in [0, 0.1) is 29.1 Å². The molecule has 5 aromatic carbocycles. The van der Waals surface area contributed by atoms with Crippen molar-refractivity contribution in [2.75, 3.05) is 9.80 Å². The molecule has 6 aromatic rings. The van der Waals surface area contributed by atoms with Gasteiger partial charge < -0.3 is 9.52 Å². The number of hydrogen-bond acceptors (Lipinski definition) is 7. The number of aromatic hydroxyl groups is 1. The Hall–Kier alpha value is -6.35. The predicted molar refractivity (Wildman–Crippen MR) is 199 cm³/mol. The molecule has 9 heteroatoms. The van der Waals surface area contributed by atoms with Gasteiger partial charge in [-0.05, 0) is 91.2 Å². The minimum Gasteiger partial charge on any atom is -0.507 e. The van der Waals surface area contributed by atoms with Crippen LogP contribution in [0.4, 0.5) is 11.4 Å². The molecule has 6 unspecified atom stereocenters. The minimum atomic E-state index is -1.19. The number of rotatable bonds is 4. The largest absolute Gasteiger partial charge is 0.507 e. The Labute approximate surface area is 304 Å². The van der Waals surface area contributed by atoms with Crippen LogP contribution < -0.4 is 9.80 Å². The molecule has 0 bridgehead atoms. The van der Waals surface area contributed by atoms with Gasteiger partial charge in [0.05, 0.1) is 34.5 Å². The maximum Gasteiger partial charge on any atom is 0.241 e. The first-order chi connectivity index (χ1) is 25.8. The van der Waals surface area contributed by atoms with Gasteiger partial charge in [-0.1, -0.05) is 72.3 Å². The second kappa shape index (κ2) is 11.3. The van der Waals surface area contributed by atoms with Crippen molar-refractivity contribution in [3.63, 3.8) is 0 Å². The van der Waals surface area contributed by atoms with E-state index < -0.39 is 35.0 Å². The molecule has 2 aliphatic heterocycles. The van der Waals surface area contributed by atoms with Crippen LogP contribution in [-0.4, -0.2) is 33.7 Å². The summed E-state index contributed by atoms with van der Waals surface area (Å²) in [5, 5.41) is 12.3. The summed E-state index contributed by atoms with van der Waals surface area (Å²) in [5.41, 5.74) is 3.59. The monoisotopic (exact) mass is 699 g/mol. The van der Waals surface area contributed by atoms with Crippen LogP contribution in [0.25, 0.3) is 33.3 Å². The highest BCUT2D eigenvalue weighted by atomic mass is 16.3.